The second-order valence-corrected chi connectivity index (χ2v) is 6.07. The average molecular weight is 370 g/mol. The first-order chi connectivity index (χ1) is 13.0. The van der Waals surface area contributed by atoms with Crippen molar-refractivity contribution in [3.05, 3.63) is 69.3 Å². The van der Waals surface area contributed by atoms with Gasteiger partial charge in [0, 0.05) is 19.2 Å². The molecule has 0 heterocycles. The smallest absolute Gasteiger partial charge is 0.274 e. The summed E-state index contributed by atoms with van der Waals surface area (Å²) in [6.07, 6.45) is 0.779. The molecule has 2 aromatic carbocycles. The number of hydrogen-bond acceptors (Lipinski definition) is 4. The molecule has 0 saturated heterocycles. The van der Waals surface area contributed by atoms with Crippen molar-refractivity contribution in [1.82, 2.24) is 10.6 Å². The highest BCUT2D eigenvalue weighted by Crippen LogP contribution is 2.20. The molecule has 2 aromatic rings. The van der Waals surface area contributed by atoms with E-state index in [4.69, 9.17) is 4.74 Å². The molecule has 0 unspecified atom stereocenters. The van der Waals surface area contributed by atoms with Gasteiger partial charge in [-0.1, -0.05) is 35.9 Å². The lowest BCUT2D eigenvalue weighted by molar-refractivity contribution is -0.385. The molecule has 0 bridgehead atoms. The maximum atomic E-state index is 11.1. The summed E-state index contributed by atoms with van der Waals surface area (Å²) in [4.78, 5) is 15.2. The van der Waals surface area contributed by atoms with Crippen LogP contribution in [0.25, 0.3) is 0 Å². The quantitative estimate of drug-likeness (QED) is 0.322. The number of methoxy groups -OCH3 is 1. The largest absolute Gasteiger partial charge is 0.496 e. The van der Waals surface area contributed by atoms with Gasteiger partial charge < -0.3 is 15.4 Å². The Morgan fingerprint density at radius 1 is 1.19 bits per heavy atom. The highest BCUT2D eigenvalue weighted by Gasteiger charge is 2.12. The van der Waals surface area contributed by atoms with E-state index in [9.17, 15) is 10.1 Å². The molecular formula is C20H26N4O3. The minimum atomic E-state index is -0.380. The van der Waals surface area contributed by atoms with Crippen LogP contribution in [0.5, 0.6) is 5.75 Å². The van der Waals surface area contributed by atoms with E-state index in [1.54, 1.807) is 25.3 Å². The molecule has 0 aliphatic rings. The van der Waals surface area contributed by atoms with Crippen molar-refractivity contribution < 1.29 is 9.66 Å². The summed E-state index contributed by atoms with van der Waals surface area (Å²) >= 11 is 0. The van der Waals surface area contributed by atoms with Gasteiger partial charge in [0.1, 0.15) is 5.75 Å². The lowest BCUT2D eigenvalue weighted by Crippen LogP contribution is -2.38. The molecule has 0 amide bonds. The van der Waals surface area contributed by atoms with Gasteiger partial charge in [0.2, 0.25) is 0 Å². The van der Waals surface area contributed by atoms with Crippen molar-refractivity contribution in [2.75, 3.05) is 20.2 Å². The first-order valence-corrected chi connectivity index (χ1v) is 8.93. The molecule has 7 nitrogen and oxygen atoms in total. The molecule has 0 aliphatic carbocycles. The lowest BCUT2D eigenvalue weighted by atomic mass is 10.1. The number of guanidine groups is 1. The number of nitrogens with one attached hydrogen (secondary N) is 2. The van der Waals surface area contributed by atoms with Gasteiger partial charge in [-0.3, -0.25) is 10.1 Å². The fourth-order valence-corrected chi connectivity index (χ4v) is 2.75. The van der Waals surface area contributed by atoms with Crippen LogP contribution in [0, 0.1) is 17.0 Å². The number of hydrogen-bond donors (Lipinski definition) is 2. The molecule has 0 saturated carbocycles. The Kier molecular flexibility index (Phi) is 7.61. The SMILES string of the molecule is CCNC(=NCc1ccccc1[N+](=O)[O-])NCCc1cc(C)ccc1OC. The summed E-state index contributed by atoms with van der Waals surface area (Å²) in [6.45, 7) is 5.64. The topological polar surface area (TPSA) is 88.8 Å². The second kappa shape index (κ2) is 10.2. The number of aliphatic imine (C=N–C) groups is 1. The summed E-state index contributed by atoms with van der Waals surface area (Å²) in [5.41, 5.74) is 2.98. The number of ether oxygens (including phenoxy) is 1. The Hall–Kier alpha value is -3.09. The number of nitro benzene ring substituents is 1. The summed E-state index contributed by atoms with van der Waals surface area (Å²) in [7, 11) is 1.67. The zero-order valence-electron chi connectivity index (χ0n) is 16.0. The van der Waals surface area contributed by atoms with Crippen LogP contribution in [-0.2, 0) is 13.0 Å². The van der Waals surface area contributed by atoms with E-state index >= 15 is 0 Å². The predicted molar refractivity (Wildman–Crippen MR) is 107 cm³/mol. The molecule has 0 spiro atoms. The van der Waals surface area contributed by atoms with Gasteiger partial charge in [0.15, 0.2) is 5.96 Å². The third-order valence-electron chi connectivity index (χ3n) is 4.06. The van der Waals surface area contributed by atoms with Crippen LogP contribution < -0.4 is 15.4 Å². The minimum absolute atomic E-state index is 0.0848. The molecule has 2 N–H and O–H groups in total. The summed E-state index contributed by atoms with van der Waals surface area (Å²) in [5.74, 6) is 1.49. The minimum Gasteiger partial charge on any atom is -0.496 e. The molecule has 2 rings (SSSR count). The third kappa shape index (κ3) is 5.99. The third-order valence-corrected chi connectivity index (χ3v) is 4.06. The van der Waals surface area contributed by atoms with Gasteiger partial charge in [-0.15, -0.1) is 0 Å². The first-order valence-electron chi connectivity index (χ1n) is 8.93. The number of para-hydroxylation sites is 1. The number of rotatable bonds is 8. The van der Waals surface area contributed by atoms with Crippen LogP contribution in [0.15, 0.2) is 47.5 Å². The fraction of sp³-hybridized carbons (Fsp3) is 0.350. The highest BCUT2D eigenvalue weighted by molar-refractivity contribution is 5.79. The maximum Gasteiger partial charge on any atom is 0.274 e. The molecule has 0 radical (unpaired) electrons. The number of aryl methyl sites for hydroxylation is 1. The summed E-state index contributed by atoms with van der Waals surface area (Å²) < 4.78 is 5.41. The maximum absolute atomic E-state index is 11.1. The number of nitrogens with zero attached hydrogens (tertiary/aromatic N) is 2. The molecule has 0 aliphatic heterocycles. The normalized spacial score (nSPS) is 11.1. The molecule has 144 valence electrons. The van der Waals surface area contributed by atoms with E-state index < -0.39 is 0 Å². The summed E-state index contributed by atoms with van der Waals surface area (Å²) in [5, 5.41) is 17.6. The van der Waals surface area contributed by atoms with Gasteiger partial charge in [0.05, 0.1) is 24.1 Å². The van der Waals surface area contributed by atoms with Crippen LogP contribution in [0.1, 0.15) is 23.6 Å². The standard InChI is InChI=1S/C20H26N4O3/c1-4-21-20(23-14-17-7-5-6-8-18(17)24(25)26)22-12-11-16-13-15(2)9-10-19(16)27-3/h5-10,13H,4,11-12,14H2,1-3H3,(H2,21,22,23). The van der Waals surface area contributed by atoms with E-state index in [0.717, 1.165) is 17.7 Å². The van der Waals surface area contributed by atoms with Crippen LogP contribution in [0.2, 0.25) is 0 Å². The average Bonchev–Trinajstić information content (AvgIpc) is 2.66. The number of benzene rings is 2. The van der Waals surface area contributed by atoms with Gasteiger partial charge >= 0.3 is 0 Å². The van der Waals surface area contributed by atoms with Gasteiger partial charge in [-0.05, 0) is 31.9 Å². The molecule has 0 aromatic heterocycles. The van der Waals surface area contributed by atoms with Crippen molar-refractivity contribution in [3.8, 4) is 5.75 Å². The van der Waals surface area contributed by atoms with Gasteiger partial charge in [-0.2, -0.15) is 0 Å². The van der Waals surface area contributed by atoms with E-state index in [2.05, 4.69) is 28.6 Å². The Morgan fingerprint density at radius 3 is 2.67 bits per heavy atom. The first kappa shape index (κ1) is 20.2. The van der Waals surface area contributed by atoms with E-state index in [1.807, 2.05) is 19.1 Å². The van der Waals surface area contributed by atoms with Crippen molar-refractivity contribution in [2.45, 2.75) is 26.8 Å². The second-order valence-electron chi connectivity index (χ2n) is 6.07. The Balaban J connectivity index is 2.02. The van der Waals surface area contributed by atoms with Crippen LogP contribution in [-0.4, -0.2) is 31.1 Å². The van der Waals surface area contributed by atoms with Crippen molar-refractivity contribution in [1.29, 1.82) is 0 Å². The molecular weight excluding hydrogens is 344 g/mol. The van der Waals surface area contributed by atoms with E-state index in [-0.39, 0.29) is 17.2 Å². The zero-order chi connectivity index (χ0) is 19.6. The number of nitro groups is 1. The van der Waals surface area contributed by atoms with Crippen LogP contribution >= 0.6 is 0 Å². The Bertz CT molecular complexity index is 806. The van der Waals surface area contributed by atoms with Crippen molar-refractivity contribution in [3.63, 3.8) is 0 Å². The lowest BCUT2D eigenvalue weighted by Gasteiger charge is -2.13. The Morgan fingerprint density at radius 2 is 1.96 bits per heavy atom. The van der Waals surface area contributed by atoms with E-state index in [1.165, 1.54) is 11.6 Å². The highest BCUT2D eigenvalue weighted by atomic mass is 16.6. The fourth-order valence-electron chi connectivity index (χ4n) is 2.75. The van der Waals surface area contributed by atoms with Crippen LogP contribution in [0.3, 0.4) is 0 Å². The summed E-state index contributed by atoms with van der Waals surface area (Å²) in [6, 6.07) is 12.8. The predicted octanol–water partition coefficient (Wildman–Crippen LogP) is 3.21. The van der Waals surface area contributed by atoms with Crippen LogP contribution in [0.4, 0.5) is 5.69 Å². The molecule has 7 heteroatoms. The monoisotopic (exact) mass is 370 g/mol. The zero-order valence-corrected chi connectivity index (χ0v) is 16.0. The molecule has 27 heavy (non-hydrogen) atoms. The van der Waals surface area contributed by atoms with Gasteiger partial charge in [-0.25, -0.2) is 4.99 Å². The molecule has 0 fully saturated rings. The van der Waals surface area contributed by atoms with Crippen molar-refractivity contribution in [2.24, 2.45) is 4.99 Å². The van der Waals surface area contributed by atoms with E-state index in [0.29, 0.717) is 24.6 Å². The Labute approximate surface area is 159 Å². The van der Waals surface area contributed by atoms with Crippen molar-refractivity contribution >= 4 is 11.6 Å². The molecule has 0 atom stereocenters. The van der Waals surface area contributed by atoms with Gasteiger partial charge in [0.25, 0.3) is 5.69 Å².